The van der Waals surface area contributed by atoms with E-state index in [1.807, 2.05) is 26.8 Å². The fraction of sp³-hybridized carbons (Fsp3) is 0.379. The lowest BCUT2D eigenvalue weighted by Gasteiger charge is -2.27. The average molecular weight is 523 g/mol. The van der Waals surface area contributed by atoms with E-state index in [0.29, 0.717) is 28.9 Å². The van der Waals surface area contributed by atoms with E-state index in [9.17, 15) is 23.2 Å². The van der Waals surface area contributed by atoms with Gasteiger partial charge in [-0.2, -0.15) is 4.39 Å². The first-order valence-corrected chi connectivity index (χ1v) is 12.8. The Morgan fingerprint density at radius 2 is 1.84 bits per heavy atom. The minimum atomic E-state index is -1.35. The Morgan fingerprint density at radius 3 is 2.50 bits per heavy atom. The third-order valence-corrected chi connectivity index (χ3v) is 6.85. The number of alkyl halides is 1. The van der Waals surface area contributed by atoms with Gasteiger partial charge in [-0.15, -0.1) is 0 Å². The highest BCUT2D eigenvalue weighted by Gasteiger charge is 2.40. The number of hydrogen-bond acceptors (Lipinski definition) is 4. The van der Waals surface area contributed by atoms with E-state index in [-0.39, 0.29) is 30.9 Å². The summed E-state index contributed by atoms with van der Waals surface area (Å²) in [6, 6.07) is 13.5. The largest absolute Gasteiger partial charge is 0.342 e. The molecule has 2 aromatic heterocycles. The average Bonchev–Trinajstić information content (AvgIpc) is 3.30. The van der Waals surface area contributed by atoms with Crippen LogP contribution >= 0.6 is 0 Å². The van der Waals surface area contributed by atoms with Gasteiger partial charge in [0.25, 0.3) is 5.56 Å². The molecule has 7 nitrogen and oxygen atoms in total. The van der Waals surface area contributed by atoms with Gasteiger partial charge in [-0.25, -0.2) is 9.37 Å². The lowest BCUT2D eigenvalue weighted by Crippen LogP contribution is -2.47. The molecule has 1 N–H and O–H groups in total. The summed E-state index contributed by atoms with van der Waals surface area (Å²) >= 11 is 0. The van der Waals surface area contributed by atoms with Crippen LogP contribution in [0, 0.1) is 5.95 Å². The van der Waals surface area contributed by atoms with Crippen LogP contribution < -0.4 is 10.9 Å². The highest BCUT2D eigenvalue weighted by molar-refractivity contribution is 5.89. The number of benzene rings is 1. The van der Waals surface area contributed by atoms with E-state index >= 15 is 0 Å². The maximum Gasteiger partial charge on any atom is 0.250 e. The lowest BCUT2D eigenvalue weighted by atomic mass is 9.99. The second kappa shape index (κ2) is 11.7. The van der Waals surface area contributed by atoms with E-state index in [1.54, 1.807) is 48.7 Å². The minimum Gasteiger partial charge on any atom is -0.342 e. The number of nitrogens with one attached hydrogen (secondary N) is 1. The number of aryl methyl sites for hydroxylation is 1. The van der Waals surface area contributed by atoms with Crippen molar-refractivity contribution < 1.29 is 18.4 Å². The minimum absolute atomic E-state index is 0.0579. The summed E-state index contributed by atoms with van der Waals surface area (Å²) in [5.41, 5.74) is 1.88. The van der Waals surface area contributed by atoms with E-state index in [2.05, 4.69) is 10.3 Å². The van der Waals surface area contributed by atoms with Crippen molar-refractivity contribution in [2.24, 2.45) is 0 Å². The predicted molar refractivity (Wildman–Crippen MR) is 140 cm³/mol. The topological polar surface area (TPSA) is 84.3 Å². The van der Waals surface area contributed by atoms with Gasteiger partial charge in [-0.05, 0) is 30.0 Å². The SMILES string of the molecule is CCn1cc(CC(=O)N2C[C@H](F)C[C@H]2C(=O)N[C@@H](c2ccccc2)c2ccc(C(C)C)c(F)n2)ccc1=O. The maximum atomic E-state index is 14.8. The fourth-order valence-corrected chi connectivity index (χ4v) is 4.78. The molecule has 3 atom stereocenters. The molecule has 0 bridgehead atoms. The quantitative estimate of drug-likeness (QED) is 0.455. The molecule has 1 aromatic carbocycles. The third-order valence-electron chi connectivity index (χ3n) is 6.85. The van der Waals surface area contributed by atoms with Crippen LogP contribution in [0.1, 0.15) is 61.5 Å². The van der Waals surface area contributed by atoms with Crippen molar-refractivity contribution in [1.29, 1.82) is 0 Å². The second-order valence-electron chi connectivity index (χ2n) is 9.86. The normalized spacial score (nSPS) is 18.0. The molecule has 38 heavy (non-hydrogen) atoms. The molecule has 0 radical (unpaired) electrons. The Morgan fingerprint density at radius 1 is 1.11 bits per heavy atom. The predicted octanol–water partition coefficient (Wildman–Crippen LogP) is 3.91. The van der Waals surface area contributed by atoms with Gasteiger partial charge in [-0.3, -0.25) is 14.4 Å². The number of hydrogen-bond donors (Lipinski definition) is 1. The third kappa shape index (κ3) is 5.98. The number of pyridine rings is 2. The van der Waals surface area contributed by atoms with Gasteiger partial charge >= 0.3 is 0 Å². The van der Waals surface area contributed by atoms with Crippen molar-refractivity contribution in [3.63, 3.8) is 0 Å². The van der Waals surface area contributed by atoms with Crippen molar-refractivity contribution in [3.8, 4) is 0 Å². The summed E-state index contributed by atoms with van der Waals surface area (Å²) in [6.45, 7) is 5.81. The number of rotatable bonds is 8. The molecular formula is C29H32F2N4O3. The standard InChI is InChI=1S/C29H32F2N4O3/c1-4-34-16-19(10-13-25(34)36)14-26(37)35-17-21(30)15-24(35)29(38)33-27(20-8-6-5-7-9-20)23-12-11-22(18(2)3)28(31)32-23/h5-13,16,18,21,24,27H,4,14-15,17H2,1-3H3,(H,33,38)/t21-,24+,27+/m1/s1. The van der Waals surface area contributed by atoms with Gasteiger partial charge in [0.2, 0.25) is 17.8 Å². The Labute approximate surface area is 220 Å². The first-order valence-electron chi connectivity index (χ1n) is 12.8. The number of nitrogens with zero attached hydrogens (tertiary/aromatic N) is 3. The molecule has 200 valence electrons. The maximum absolute atomic E-state index is 14.8. The molecule has 4 rings (SSSR count). The van der Waals surface area contributed by atoms with Crippen LogP contribution in [-0.2, 0) is 22.6 Å². The molecular weight excluding hydrogens is 490 g/mol. The van der Waals surface area contributed by atoms with Crippen molar-refractivity contribution >= 4 is 11.8 Å². The van der Waals surface area contributed by atoms with Gasteiger partial charge in [0.1, 0.15) is 12.2 Å². The van der Waals surface area contributed by atoms with E-state index < -0.39 is 36.0 Å². The molecule has 3 heterocycles. The number of amides is 2. The van der Waals surface area contributed by atoms with Crippen molar-refractivity contribution in [2.45, 2.75) is 64.3 Å². The first kappa shape index (κ1) is 27.2. The highest BCUT2D eigenvalue weighted by atomic mass is 19.1. The van der Waals surface area contributed by atoms with E-state index in [1.165, 1.54) is 15.5 Å². The molecule has 0 unspecified atom stereocenters. The zero-order valence-corrected chi connectivity index (χ0v) is 21.7. The molecule has 0 spiro atoms. The van der Waals surface area contributed by atoms with Gasteiger partial charge < -0.3 is 14.8 Å². The number of likely N-dealkylation sites (tertiary alicyclic amines) is 1. The summed E-state index contributed by atoms with van der Waals surface area (Å²) in [4.78, 5) is 43.9. The van der Waals surface area contributed by atoms with Gasteiger partial charge in [0.05, 0.1) is 24.7 Å². The summed E-state index contributed by atoms with van der Waals surface area (Å²) in [5.74, 6) is -1.62. The van der Waals surface area contributed by atoms with Crippen LogP contribution in [0.4, 0.5) is 8.78 Å². The van der Waals surface area contributed by atoms with Crippen molar-refractivity contribution in [2.75, 3.05) is 6.54 Å². The van der Waals surface area contributed by atoms with Crippen LogP contribution in [0.5, 0.6) is 0 Å². The molecule has 9 heteroatoms. The molecule has 1 aliphatic heterocycles. The molecule has 1 saturated heterocycles. The lowest BCUT2D eigenvalue weighted by molar-refractivity contribution is -0.138. The summed E-state index contributed by atoms with van der Waals surface area (Å²) < 4.78 is 30.8. The Kier molecular flexibility index (Phi) is 8.34. The van der Waals surface area contributed by atoms with Gasteiger partial charge in [-0.1, -0.05) is 56.3 Å². The molecule has 3 aromatic rings. The summed E-state index contributed by atoms with van der Waals surface area (Å²) in [7, 11) is 0. The Balaban J connectivity index is 1.58. The van der Waals surface area contributed by atoms with Crippen LogP contribution in [0.15, 0.2) is 65.6 Å². The number of carbonyl (C=O) groups excluding carboxylic acids is 2. The highest BCUT2D eigenvalue weighted by Crippen LogP contribution is 2.27. The van der Waals surface area contributed by atoms with Crippen LogP contribution in [0.2, 0.25) is 0 Å². The summed E-state index contributed by atoms with van der Waals surface area (Å²) in [6.07, 6.45) is 0.0460. The molecule has 1 fully saturated rings. The number of aromatic nitrogens is 2. The second-order valence-corrected chi connectivity index (χ2v) is 9.86. The van der Waals surface area contributed by atoms with Crippen LogP contribution in [0.3, 0.4) is 0 Å². The van der Waals surface area contributed by atoms with Crippen molar-refractivity contribution in [1.82, 2.24) is 19.8 Å². The number of carbonyl (C=O) groups is 2. The summed E-state index contributed by atoms with van der Waals surface area (Å²) in [5, 5.41) is 2.89. The zero-order chi connectivity index (χ0) is 27.4. The Hall–Kier alpha value is -3.88. The molecule has 0 saturated carbocycles. The number of halogens is 2. The molecule has 1 aliphatic rings. The monoisotopic (exact) mass is 522 g/mol. The zero-order valence-electron chi connectivity index (χ0n) is 21.7. The van der Waals surface area contributed by atoms with Gasteiger partial charge in [0.15, 0.2) is 0 Å². The Bertz CT molecular complexity index is 1360. The smallest absolute Gasteiger partial charge is 0.250 e. The molecule has 2 amide bonds. The van der Waals surface area contributed by atoms with E-state index in [4.69, 9.17) is 0 Å². The van der Waals surface area contributed by atoms with Crippen molar-refractivity contribution in [3.05, 3.63) is 99.5 Å². The van der Waals surface area contributed by atoms with Crippen LogP contribution in [0.25, 0.3) is 0 Å². The van der Waals surface area contributed by atoms with E-state index in [0.717, 1.165) is 0 Å². The fourth-order valence-electron chi connectivity index (χ4n) is 4.78. The molecule has 0 aliphatic carbocycles. The first-order chi connectivity index (χ1) is 18.2. The van der Waals surface area contributed by atoms with Gasteiger partial charge in [0, 0.05) is 30.8 Å². The van der Waals surface area contributed by atoms with Crippen LogP contribution in [-0.4, -0.2) is 45.0 Å².